The normalized spacial score (nSPS) is 14.2. The van der Waals surface area contributed by atoms with E-state index >= 15 is 0 Å². The first-order valence-electron chi connectivity index (χ1n) is 11.6. The molecule has 7 nitrogen and oxygen atoms in total. The lowest BCUT2D eigenvalue weighted by atomic mass is 9.97. The molecule has 1 N–H and O–H groups in total. The molecule has 7 heteroatoms. The number of ether oxygens (including phenoxy) is 3. The first-order valence-corrected chi connectivity index (χ1v) is 11.6. The van der Waals surface area contributed by atoms with Crippen LogP contribution in [0.25, 0.3) is 0 Å². The number of carboxylic acid groups (broad SMARTS) is 1. The topological polar surface area (TPSA) is 85.3 Å². The summed E-state index contributed by atoms with van der Waals surface area (Å²) in [7, 11) is 0. The number of fused-ring (bicyclic) bond motifs is 1. The van der Waals surface area contributed by atoms with E-state index in [4.69, 9.17) is 14.2 Å². The van der Waals surface area contributed by atoms with Crippen LogP contribution in [0.4, 0.5) is 0 Å². The highest BCUT2D eigenvalue weighted by atomic mass is 16.6. The van der Waals surface area contributed by atoms with Crippen LogP contribution in [-0.4, -0.2) is 47.3 Å². The monoisotopic (exact) mass is 475 g/mol. The summed E-state index contributed by atoms with van der Waals surface area (Å²) in [6, 6.07) is 24.7. The first-order chi connectivity index (χ1) is 17.0. The molecule has 0 aromatic heterocycles. The molecule has 4 rings (SSSR count). The zero-order valence-corrected chi connectivity index (χ0v) is 19.6. The van der Waals surface area contributed by atoms with Crippen molar-refractivity contribution in [2.45, 2.75) is 38.6 Å². The Morgan fingerprint density at radius 1 is 0.857 bits per heavy atom. The van der Waals surface area contributed by atoms with Crippen LogP contribution in [0, 0.1) is 0 Å². The molecule has 2 atom stereocenters. The Morgan fingerprint density at radius 2 is 1.43 bits per heavy atom. The van der Waals surface area contributed by atoms with E-state index in [2.05, 4.69) is 4.90 Å². The Labute approximate surface area is 204 Å². The smallest absolute Gasteiger partial charge is 0.346 e. The molecular formula is C28H29NO6. The van der Waals surface area contributed by atoms with Gasteiger partial charge in [-0.3, -0.25) is 9.69 Å². The van der Waals surface area contributed by atoms with Crippen molar-refractivity contribution in [2.24, 2.45) is 0 Å². The second-order valence-electron chi connectivity index (χ2n) is 8.49. The summed E-state index contributed by atoms with van der Waals surface area (Å²) in [5, 5.41) is 10.1. The van der Waals surface area contributed by atoms with E-state index in [0.29, 0.717) is 44.2 Å². The zero-order chi connectivity index (χ0) is 24.6. The molecule has 182 valence electrons. The van der Waals surface area contributed by atoms with Crippen LogP contribution in [0.1, 0.15) is 23.6 Å². The zero-order valence-electron chi connectivity index (χ0n) is 19.6. The van der Waals surface area contributed by atoms with Crippen LogP contribution in [0.3, 0.4) is 0 Å². The van der Waals surface area contributed by atoms with Crippen molar-refractivity contribution < 1.29 is 28.9 Å². The predicted octanol–water partition coefficient (Wildman–Crippen LogP) is 4.09. The molecule has 0 radical (unpaired) electrons. The average Bonchev–Trinajstić information content (AvgIpc) is 2.86. The number of nitrogens with zero attached hydrogens (tertiary/aromatic N) is 1. The summed E-state index contributed by atoms with van der Waals surface area (Å²) < 4.78 is 16.7. The number of carbonyl (C=O) groups is 2. The number of hydrogen-bond donors (Lipinski definition) is 1. The van der Waals surface area contributed by atoms with Gasteiger partial charge < -0.3 is 19.3 Å². The van der Waals surface area contributed by atoms with Gasteiger partial charge in [0.05, 0.1) is 6.04 Å². The molecule has 0 bridgehead atoms. The maximum absolute atomic E-state index is 12.4. The summed E-state index contributed by atoms with van der Waals surface area (Å²) in [4.78, 5) is 26.3. The fourth-order valence-electron chi connectivity index (χ4n) is 4.28. The minimum Gasteiger partial charge on any atom is -0.486 e. The maximum atomic E-state index is 12.4. The molecule has 1 heterocycles. The summed E-state index contributed by atoms with van der Waals surface area (Å²) >= 11 is 0. The van der Waals surface area contributed by atoms with Gasteiger partial charge in [-0.15, -0.1) is 0 Å². The van der Waals surface area contributed by atoms with Gasteiger partial charge in [-0.05, 0) is 35.2 Å². The standard InChI is InChI=1S/C28H29NO6/c1-20(30)35-27(28(31)32)24(16-23-12-13-25-26(17-23)34-15-14-33-25)29(18-21-8-4-2-5-9-21)19-22-10-6-3-7-11-22/h2-13,17,24,27H,14-16,18-19H2,1H3,(H,31,32). The van der Waals surface area contributed by atoms with Crippen molar-refractivity contribution >= 4 is 11.9 Å². The number of aliphatic carboxylic acids is 1. The second-order valence-corrected chi connectivity index (χ2v) is 8.49. The van der Waals surface area contributed by atoms with E-state index in [1.54, 1.807) is 0 Å². The summed E-state index contributed by atoms with van der Waals surface area (Å²) in [6.45, 7) is 3.14. The lowest BCUT2D eigenvalue weighted by molar-refractivity contribution is -0.168. The van der Waals surface area contributed by atoms with Crippen molar-refractivity contribution in [3.63, 3.8) is 0 Å². The van der Waals surface area contributed by atoms with Gasteiger partial charge in [-0.1, -0.05) is 66.7 Å². The quantitative estimate of drug-likeness (QED) is 0.442. The minimum atomic E-state index is -1.35. The van der Waals surface area contributed by atoms with E-state index < -0.39 is 24.1 Å². The Hall–Kier alpha value is -3.84. The molecule has 3 aromatic rings. The van der Waals surface area contributed by atoms with Crippen molar-refractivity contribution in [1.82, 2.24) is 4.90 Å². The summed E-state index contributed by atoms with van der Waals surface area (Å²) in [5.41, 5.74) is 2.92. The molecule has 0 saturated heterocycles. The van der Waals surface area contributed by atoms with Gasteiger partial charge in [0, 0.05) is 20.0 Å². The first kappa shape index (κ1) is 24.3. The van der Waals surface area contributed by atoms with Gasteiger partial charge in [-0.25, -0.2) is 4.79 Å². The van der Waals surface area contributed by atoms with Gasteiger partial charge in [0.25, 0.3) is 0 Å². The Balaban J connectivity index is 1.72. The number of benzene rings is 3. The summed E-state index contributed by atoms with van der Waals surface area (Å²) in [5.74, 6) is -0.529. The van der Waals surface area contributed by atoms with Crippen LogP contribution in [0.2, 0.25) is 0 Å². The lowest BCUT2D eigenvalue weighted by Crippen LogP contribution is -2.49. The molecule has 3 aromatic carbocycles. The van der Waals surface area contributed by atoms with E-state index in [1.165, 1.54) is 6.92 Å². The van der Waals surface area contributed by atoms with Crippen molar-refractivity contribution in [1.29, 1.82) is 0 Å². The summed E-state index contributed by atoms with van der Waals surface area (Å²) in [6.07, 6.45) is -1.02. The van der Waals surface area contributed by atoms with Gasteiger partial charge in [0.2, 0.25) is 6.10 Å². The number of hydrogen-bond acceptors (Lipinski definition) is 6. The van der Waals surface area contributed by atoms with Crippen molar-refractivity contribution in [2.75, 3.05) is 13.2 Å². The highest BCUT2D eigenvalue weighted by Crippen LogP contribution is 2.32. The molecule has 0 spiro atoms. The van der Waals surface area contributed by atoms with E-state index in [-0.39, 0.29) is 0 Å². The minimum absolute atomic E-state index is 0.334. The van der Waals surface area contributed by atoms with Gasteiger partial charge in [0.15, 0.2) is 11.5 Å². The third kappa shape index (κ3) is 6.61. The van der Waals surface area contributed by atoms with Crippen LogP contribution in [0.5, 0.6) is 11.5 Å². The molecular weight excluding hydrogens is 446 g/mol. The van der Waals surface area contributed by atoms with E-state index in [1.807, 2.05) is 78.9 Å². The van der Waals surface area contributed by atoms with Crippen LogP contribution in [-0.2, 0) is 33.8 Å². The molecule has 1 aliphatic rings. The number of carboxylic acids is 1. The third-order valence-corrected chi connectivity index (χ3v) is 5.86. The fourth-order valence-corrected chi connectivity index (χ4v) is 4.28. The molecule has 0 amide bonds. The molecule has 1 aliphatic heterocycles. The maximum Gasteiger partial charge on any atom is 0.346 e. The van der Waals surface area contributed by atoms with Crippen LogP contribution in [0.15, 0.2) is 78.9 Å². The molecule has 35 heavy (non-hydrogen) atoms. The average molecular weight is 476 g/mol. The van der Waals surface area contributed by atoms with Crippen molar-refractivity contribution in [3.8, 4) is 11.5 Å². The highest BCUT2D eigenvalue weighted by Gasteiger charge is 2.36. The third-order valence-electron chi connectivity index (χ3n) is 5.86. The van der Waals surface area contributed by atoms with E-state index in [9.17, 15) is 14.7 Å². The van der Waals surface area contributed by atoms with Crippen LogP contribution < -0.4 is 9.47 Å². The Morgan fingerprint density at radius 3 is 1.97 bits per heavy atom. The Kier molecular flexibility index (Phi) is 8.00. The molecule has 0 aliphatic carbocycles. The molecule has 0 saturated carbocycles. The number of esters is 1. The molecule has 2 unspecified atom stereocenters. The van der Waals surface area contributed by atoms with Gasteiger partial charge in [-0.2, -0.15) is 0 Å². The SMILES string of the molecule is CC(=O)OC(C(=O)O)C(Cc1ccc2c(c1)OCCO2)N(Cc1ccccc1)Cc1ccccc1. The fraction of sp³-hybridized carbons (Fsp3) is 0.286. The lowest BCUT2D eigenvalue weighted by Gasteiger charge is -2.35. The van der Waals surface area contributed by atoms with E-state index in [0.717, 1.165) is 16.7 Å². The number of carbonyl (C=O) groups excluding carboxylic acids is 1. The van der Waals surface area contributed by atoms with Gasteiger partial charge >= 0.3 is 11.9 Å². The van der Waals surface area contributed by atoms with Gasteiger partial charge in [0.1, 0.15) is 13.2 Å². The number of rotatable bonds is 10. The second kappa shape index (κ2) is 11.5. The highest BCUT2D eigenvalue weighted by molar-refractivity contribution is 5.77. The largest absolute Gasteiger partial charge is 0.486 e. The predicted molar refractivity (Wildman–Crippen MR) is 130 cm³/mol. The van der Waals surface area contributed by atoms with Crippen LogP contribution >= 0.6 is 0 Å². The van der Waals surface area contributed by atoms with Crippen molar-refractivity contribution in [3.05, 3.63) is 95.6 Å². The molecule has 0 fully saturated rings. The Bertz CT molecular complexity index is 1090.